The zero-order valence-corrected chi connectivity index (χ0v) is 7.41. The van der Waals surface area contributed by atoms with E-state index in [1.54, 1.807) is 7.05 Å². The molecule has 62 valence electrons. The van der Waals surface area contributed by atoms with Crippen molar-refractivity contribution in [3.05, 3.63) is 23.9 Å². The average molecular weight is 152 g/mol. The molecule has 0 aromatic heterocycles. The van der Waals surface area contributed by atoms with Gasteiger partial charge in [-0.3, -0.25) is 4.99 Å². The Morgan fingerprint density at radius 1 is 1.45 bits per heavy atom. The molecule has 0 rings (SSSR count). The fourth-order valence-corrected chi connectivity index (χ4v) is 0.700. The SMILES string of the molecule is CN=C/C(=C\C=C/N)C(C)C. The summed E-state index contributed by atoms with van der Waals surface area (Å²) in [5.74, 6) is 0.495. The molecule has 2 N–H and O–H groups in total. The summed E-state index contributed by atoms with van der Waals surface area (Å²) in [5, 5.41) is 0. The molecule has 0 aromatic rings. The number of hydrogen-bond donors (Lipinski definition) is 1. The van der Waals surface area contributed by atoms with E-state index in [0.717, 1.165) is 0 Å². The minimum Gasteiger partial charge on any atom is -0.405 e. The van der Waals surface area contributed by atoms with Crippen LogP contribution in [0.1, 0.15) is 13.8 Å². The van der Waals surface area contributed by atoms with Crippen LogP contribution in [0, 0.1) is 5.92 Å². The highest BCUT2D eigenvalue weighted by atomic mass is 14.6. The minimum absolute atomic E-state index is 0.495. The highest BCUT2D eigenvalue weighted by Gasteiger charge is 1.96. The molecule has 0 atom stereocenters. The van der Waals surface area contributed by atoms with Gasteiger partial charge in [-0.1, -0.05) is 19.9 Å². The van der Waals surface area contributed by atoms with Crippen LogP contribution in [-0.4, -0.2) is 13.3 Å². The van der Waals surface area contributed by atoms with Crippen LogP contribution >= 0.6 is 0 Å². The van der Waals surface area contributed by atoms with Crippen molar-refractivity contribution in [2.75, 3.05) is 7.05 Å². The molecule has 2 nitrogen and oxygen atoms in total. The molecule has 0 saturated carbocycles. The van der Waals surface area contributed by atoms with E-state index in [0.29, 0.717) is 5.92 Å². The molecule has 0 amide bonds. The molecule has 0 saturated heterocycles. The molecule has 0 aliphatic rings. The first-order valence-electron chi connectivity index (χ1n) is 3.73. The zero-order valence-electron chi connectivity index (χ0n) is 7.41. The molecule has 0 aliphatic carbocycles. The Morgan fingerprint density at radius 3 is 2.45 bits per heavy atom. The molecule has 0 heterocycles. The summed E-state index contributed by atoms with van der Waals surface area (Å²) < 4.78 is 0. The second-order valence-corrected chi connectivity index (χ2v) is 2.59. The summed E-state index contributed by atoms with van der Waals surface area (Å²) in [6.07, 6.45) is 7.16. The number of hydrogen-bond acceptors (Lipinski definition) is 2. The van der Waals surface area contributed by atoms with Gasteiger partial charge in [-0.15, -0.1) is 0 Å². The van der Waals surface area contributed by atoms with Crippen molar-refractivity contribution >= 4 is 6.21 Å². The molecule has 0 spiro atoms. The smallest absolute Gasteiger partial charge is 0.0277 e. The van der Waals surface area contributed by atoms with Gasteiger partial charge in [0.25, 0.3) is 0 Å². The van der Waals surface area contributed by atoms with E-state index >= 15 is 0 Å². The Labute approximate surface area is 68.5 Å². The molecule has 0 fully saturated rings. The predicted octanol–water partition coefficient (Wildman–Crippen LogP) is 1.74. The van der Waals surface area contributed by atoms with Crippen LogP contribution < -0.4 is 5.73 Å². The molecule has 0 aliphatic heterocycles. The first-order chi connectivity index (χ1) is 5.22. The van der Waals surface area contributed by atoms with Crippen LogP contribution in [-0.2, 0) is 0 Å². The first kappa shape index (κ1) is 9.95. The molecular formula is C9H16N2. The van der Waals surface area contributed by atoms with Crippen molar-refractivity contribution in [1.82, 2.24) is 0 Å². The lowest BCUT2D eigenvalue weighted by Gasteiger charge is -2.02. The zero-order chi connectivity index (χ0) is 8.69. The first-order valence-corrected chi connectivity index (χ1v) is 3.73. The molecule has 11 heavy (non-hydrogen) atoms. The van der Waals surface area contributed by atoms with Crippen LogP contribution in [0.2, 0.25) is 0 Å². The summed E-state index contributed by atoms with van der Waals surface area (Å²) in [5.41, 5.74) is 6.39. The average Bonchev–Trinajstić information content (AvgIpc) is 1.97. The Morgan fingerprint density at radius 2 is 2.09 bits per heavy atom. The Kier molecular flexibility index (Phi) is 5.17. The number of nitrogens with zero attached hydrogens (tertiary/aromatic N) is 1. The van der Waals surface area contributed by atoms with Crippen LogP contribution in [0.3, 0.4) is 0 Å². The maximum absolute atomic E-state index is 5.20. The van der Waals surface area contributed by atoms with Crippen molar-refractivity contribution in [2.45, 2.75) is 13.8 Å². The van der Waals surface area contributed by atoms with Gasteiger partial charge < -0.3 is 5.73 Å². The lowest BCUT2D eigenvalue weighted by Crippen LogP contribution is -1.94. The largest absolute Gasteiger partial charge is 0.405 e. The third-order valence-electron chi connectivity index (χ3n) is 1.34. The van der Waals surface area contributed by atoms with Gasteiger partial charge in [-0.05, 0) is 23.8 Å². The minimum atomic E-state index is 0.495. The Balaban J connectivity index is 4.32. The van der Waals surface area contributed by atoms with E-state index in [-0.39, 0.29) is 0 Å². The maximum Gasteiger partial charge on any atom is 0.0277 e. The fourth-order valence-electron chi connectivity index (χ4n) is 0.700. The van der Waals surface area contributed by atoms with Crippen LogP contribution in [0.15, 0.2) is 28.9 Å². The molecule has 0 radical (unpaired) electrons. The Bertz CT molecular complexity index is 176. The predicted molar refractivity (Wildman–Crippen MR) is 50.7 cm³/mol. The molecular weight excluding hydrogens is 136 g/mol. The summed E-state index contributed by atoms with van der Waals surface area (Å²) in [6.45, 7) is 4.25. The molecule has 0 bridgehead atoms. The van der Waals surface area contributed by atoms with Crippen LogP contribution in [0.25, 0.3) is 0 Å². The van der Waals surface area contributed by atoms with Gasteiger partial charge in [0.05, 0.1) is 0 Å². The van der Waals surface area contributed by atoms with Gasteiger partial charge >= 0.3 is 0 Å². The highest BCUT2D eigenvalue weighted by molar-refractivity contribution is 5.79. The number of nitrogens with two attached hydrogens (primary N) is 1. The van der Waals surface area contributed by atoms with E-state index in [9.17, 15) is 0 Å². The van der Waals surface area contributed by atoms with Gasteiger partial charge in [0.15, 0.2) is 0 Å². The maximum atomic E-state index is 5.20. The second kappa shape index (κ2) is 5.71. The fraction of sp³-hybridized carbons (Fsp3) is 0.444. The lowest BCUT2D eigenvalue weighted by molar-refractivity contribution is 0.806. The lowest BCUT2D eigenvalue weighted by atomic mass is 10.0. The summed E-state index contributed by atoms with van der Waals surface area (Å²) in [4.78, 5) is 3.94. The van der Waals surface area contributed by atoms with Crippen molar-refractivity contribution < 1.29 is 0 Å². The van der Waals surface area contributed by atoms with Crippen molar-refractivity contribution in [1.29, 1.82) is 0 Å². The van der Waals surface area contributed by atoms with Crippen LogP contribution in [0.4, 0.5) is 0 Å². The standard InChI is InChI=1S/C9H16N2/c1-8(2)9(7-11-3)5-4-6-10/h4-8H,10H2,1-3H3/b6-4-,9-5+,11-7?. The van der Waals surface area contributed by atoms with Crippen LogP contribution in [0.5, 0.6) is 0 Å². The van der Waals surface area contributed by atoms with Crippen molar-refractivity contribution in [3.63, 3.8) is 0 Å². The monoisotopic (exact) mass is 152 g/mol. The van der Waals surface area contributed by atoms with E-state index in [1.807, 2.05) is 18.4 Å². The van der Waals surface area contributed by atoms with Crippen molar-refractivity contribution in [3.8, 4) is 0 Å². The number of allylic oxidation sites excluding steroid dienone is 3. The number of aliphatic imine (C=N–C) groups is 1. The van der Waals surface area contributed by atoms with Gasteiger partial charge in [0.1, 0.15) is 0 Å². The highest BCUT2D eigenvalue weighted by Crippen LogP contribution is 2.06. The van der Waals surface area contributed by atoms with Gasteiger partial charge in [-0.2, -0.15) is 0 Å². The van der Waals surface area contributed by atoms with E-state index < -0.39 is 0 Å². The topological polar surface area (TPSA) is 38.4 Å². The second-order valence-electron chi connectivity index (χ2n) is 2.59. The molecule has 0 unspecified atom stereocenters. The molecule has 2 heteroatoms. The van der Waals surface area contributed by atoms with E-state index in [4.69, 9.17) is 5.73 Å². The summed E-state index contributed by atoms with van der Waals surface area (Å²) in [6, 6.07) is 0. The third kappa shape index (κ3) is 4.37. The quantitative estimate of drug-likeness (QED) is 0.485. The summed E-state index contributed by atoms with van der Waals surface area (Å²) in [7, 11) is 1.77. The van der Waals surface area contributed by atoms with Gasteiger partial charge in [0, 0.05) is 13.3 Å². The normalized spacial score (nSPS) is 14.0. The summed E-state index contributed by atoms with van der Waals surface area (Å²) >= 11 is 0. The Hall–Kier alpha value is -1.05. The van der Waals surface area contributed by atoms with Gasteiger partial charge in [0.2, 0.25) is 0 Å². The number of rotatable bonds is 3. The van der Waals surface area contributed by atoms with E-state index in [1.165, 1.54) is 11.8 Å². The van der Waals surface area contributed by atoms with Gasteiger partial charge in [-0.25, -0.2) is 0 Å². The third-order valence-corrected chi connectivity index (χ3v) is 1.34. The van der Waals surface area contributed by atoms with Crippen molar-refractivity contribution in [2.24, 2.45) is 16.6 Å². The van der Waals surface area contributed by atoms with E-state index in [2.05, 4.69) is 18.8 Å². The molecule has 0 aromatic carbocycles.